The zero-order valence-corrected chi connectivity index (χ0v) is 8.60. The number of allylic oxidation sites excluding steroid dienone is 1. The van der Waals surface area contributed by atoms with E-state index in [9.17, 15) is 4.79 Å². The Morgan fingerprint density at radius 2 is 1.93 bits per heavy atom. The molecule has 0 saturated heterocycles. The third kappa shape index (κ3) is 3.90. The molecular formula is C12H15NO. The van der Waals surface area contributed by atoms with Crippen LogP contribution in [-0.2, 0) is 11.2 Å². The van der Waals surface area contributed by atoms with E-state index in [0.717, 1.165) is 5.56 Å². The van der Waals surface area contributed by atoms with Crippen molar-refractivity contribution < 1.29 is 4.79 Å². The molecule has 0 atom stereocenters. The van der Waals surface area contributed by atoms with Gasteiger partial charge in [0.25, 0.3) is 0 Å². The molecule has 0 aromatic heterocycles. The molecule has 0 heterocycles. The van der Waals surface area contributed by atoms with Crippen LogP contribution in [0.25, 0.3) is 0 Å². The van der Waals surface area contributed by atoms with E-state index < -0.39 is 0 Å². The molecule has 0 saturated carbocycles. The molecule has 0 aliphatic rings. The highest BCUT2D eigenvalue weighted by Gasteiger charge is 1.98. The van der Waals surface area contributed by atoms with E-state index in [1.807, 2.05) is 49.3 Å². The Labute approximate surface area is 84.9 Å². The smallest absolute Gasteiger partial charge is 0.161 e. The van der Waals surface area contributed by atoms with Crippen LogP contribution in [0.5, 0.6) is 0 Å². The second-order valence-electron chi connectivity index (χ2n) is 3.41. The maximum absolute atomic E-state index is 11.4. The first-order chi connectivity index (χ1) is 6.68. The summed E-state index contributed by atoms with van der Waals surface area (Å²) in [5.74, 6) is 0.130. The van der Waals surface area contributed by atoms with Gasteiger partial charge < -0.3 is 4.90 Å². The lowest BCUT2D eigenvalue weighted by molar-refractivity contribution is -0.114. The van der Waals surface area contributed by atoms with Gasteiger partial charge in [0.05, 0.1) is 0 Å². The number of nitrogens with zero attached hydrogens (tertiary/aromatic N) is 1. The molecule has 0 aliphatic carbocycles. The highest BCUT2D eigenvalue weighted by molar-refractivity contribution is 5.91. The molecule has 1 aromatic rings. The minimum Gasteiger partial charge on any atom is -0.383 e. The van der Waals surface area contributed by atoms with Gasteiger partial charge in [-0.2, -0.15) is 0 Å². The fraction of sp³-hybridized carbons (Fsp3) is 0.250. The topological polar surface area (TPSA) is 20.3 Å². The van der Waals surface area contributed by atoms with Crippen molar-refractivity contribution in [3.63, 3.8) is 0 Å². The van der Waals surface area contributed by atoms with Crippen molar-refractivity contribution in [3.8, 4) is 0 Å². The molecule has 1 rings (SSSR count). The molecule has 2 heteroatoms. The summed E-state index contributed by atoms with van der Waals surface area (Å²) in [7, 11) is 3.79. The SMILES string of the molecule is CN(C)C=CC(=O)Cc1ccccc1. The van der Waals surface area contributed by atoms with Gasteiger partial charge in [-0.3, -0.25) is 4.79 Å². The van der Waals surface area contributed by atoms with E-state index in [4.69, 9.17) is 0 Å². The fourth-order valence-corrected chi connectivity index (χ4v) is 1.09. The predicted molar refractivity (Wildman–Crippen MR) is 58.0 cm³/mol. The number of carbonyl (C=O) groups is 1. The summed E-state index contributed by atoms with van der Waals surface area (Å²) in [5.41, 5.74) is 1.06. The molecule has 0 aliphatic heterocycles. The number of hydrogen-bond acceptors (Lipinski definition) is 2. The van der Waals surface area contributed by atoms with Crippen LogP contribution in [-0.4, -0.2) is 24.8 Å². The first-order valence-electron chi connectivity index (χ1n) is 4.60. The van der Waals surface area contributed by atoms with Crippen molar-refractivity contribution in [2.24, 2.45) is 0 Å². The van der Waals surface area contributed by atoms with Crippen LogP contribution < -0.4 is 0 Å². The third-order valence-electron chi connectivity index (χ3n) is 1.78. The fourth-order valence-electron chi connectivity index (χ4n) is 1.09. The Kier molecular flexibility index (Phi) is 3.92. The van der Waals surface area contributed by atoms with Crippen molar-refractivity contribution in [1.82, 2.24) is 4.90 Å². The zero-order chi connectivity index (χ0) is 10.4. The van der Waals surface area contributed by atoms with Gasteiger partial charge in [0.2, 0.25) is 0 Å². The van der Waals surface area contributed by atoms with Gasteiger partial charge >= 0.3 is 0 Å². The monoisotopic (exact) mass is 189 g/mol. The maximum atomic E-state index is 11.4. The van der Waals surface area contributed by atoms with E-state index >= 15 is 0 Å². The number of benzene rings is 1. The van der Waals surface area contributed by atoms with Crippen LogP contribution >= 0.6 is 0 Å². The normalized spacial score (nSPS) is 10.4. The number of ketones is 1. The van der Waals surface area contributed by atoms with Crippen molar-refractivity contribution in [2.75, 3.05) is 14.1 Å². The lowest BCUT2D eigenvalue weighted by Gasteiger charge is -2.02. The summed E-state index contributed by atoms with van der Waals surface area (Å²) < 4.78 is 0. The van der Waals surface area contributed by atoms with E-state index in [-0.39, 0.29) is 5.78 Å². The largest absolute Gasteiger partial charge is 0.383 e. The highest BCUT2D eigenvalue weighted by Crippen LogP contribution is 2.00. The summed E-state index contributed by atoms with van der Waals surface area (Å²) in [6.45, 7) is 0. The number of rotatable bonds is 4. The minimum absolute atomic E-state index is 0.130. The third-order valence-corrected chi connectivity index (χ3v) is 1.78. The molecule has 0 radical (unpaired) electrons. The molecular weight excluding hydrogens is 174 g/mol. The standard InChI is InChI=1S/C12H15NO/c1-13(2)9-8-12(14)10-11-6-4-3-5-7-11/h3-9H,10H2,1-2H3. The second kappa shape index (κ2) is 5.22. The van der Waals surface area contributed by atoms with E-state index in [1.54, 1.807) is 12.3 Å². The van der Waals surface area contributed by atoms with E-state index in [2.05, 4.69) is 0 Å². The Hall–Kier alpha value is -1.57. The van der Waals surface area contributed by atoms with Crippen LogP contribution in [0.4, 0.5) is 0 Å². The van der Waals surface area contributed by atoms with Crippen LogP contribution in [0.1, 0.15) is 5.56 Å². The van der Waals surface area contributed by atoms with Gasteiger partial charge in [0.15, 0.2) is 5.78 Å². The molecule has 1 aromatic carbocycles. The lowest BCUT2D eigenvalue weighted by Crippen LogP contribution is -2.04. The van der Waals surface area contributed by atoms with Crippen LogP contribution in [0, 0.1) is 0 Å². The zero-order valence-electron chi connectivity index (χ0n) is 8.60. The Morgan fingerprint density at radius 1 is 1.29 bits per heavy atom. The first-order valence-corrected chi connectivity index (χ1v) is 4.60. The number of carbonyl (C=O) groups excluding carboxylic acids is 1. The summed E-state index contributed by atoms with van der Waals surface area (Å²) in [6.07, 6.45) is 3.85. The molecule has 0 unspecified atom stereocenters. The molecule has 0 N–H and O–H groups in total. The van der Waals surface area contributed by atoms with E-state index in [1.165, 1.54) is 0 Å². The highest BCUT2D eigenvalue weighted by atomic mass is 16.1. The van der Waals surface area contributed by atoms with Gasteiger partial charge in [-0.15, -0.1) is 0 Å². The minimum atomic E-state index is 0.130. The first kappa shape index (κ1) is 10.5. The van der Waals surface area contributed by atoms with Crippen LogP contribution in [0.15, 0.2) is 42.6 Å². The quantitative estimate of drug-likeness (QED) is 0.674. The van der Waals surface area contributed by atoms with Crippen molar-refractivity contribution >= 4 is 5.78 Å². The summed E-state index contributed by atoms with van der Waals surface area (Å²) in [5, 5.41) is 0. The van der Waals surface area contributed by atoms with Gasteiger partial charge in [0, 0.05) is 26.7 Å². The second-order valence-corrected chi connectivity index (χ2v) is 3.41. The van der Waals surface area contributed by atoms with Gasteiger partial charge in [0.1, 0.15) is 0 Å². The predicted octanol–water partition coefficient (Wildman–Crippen LogP) is 1.87. The molecule has 2 nitrogen and oxygen atoms in total. The Bertz CT molecular complexity index is 314. The molecule has 0 amide bonds. The lowest BCUT2D eigenvalue weighted by atomic mass is 10.1. The molecule has 0 bridgehead atoms. The Morgan fingerprint density at radius 3 is 2.50 bits per heavy atom. The Balaban J connectivity index is 2.50. The van der Waals surface area contributed by atoms with Gasteiger partial charge in [-0.1, -0.05) is 30.3 Å². The van der Waals surface area contributed by atoms with Crippen LogP contribution in [0.3, 0.4) is 0 Å². The molecule has 0 fully saturated rings. The van der Waals surface area contributed by atoms with Crippen molar-refractivity contribution in [3.05, 3.63) is 48.2 Å². The molecule has 14 heavy (non-hydrogen) atoms. The average Bonchev–Trinajstić information content (AvgIpc) is 2.16. The van der Waals surface area contributed by atoms with Crippen molar-refractivity contribution in [1.29, 1.82) is 0 Å². The number of hydrogen-bond donors (Lipinski definition) is 0. The molecule has 74 valence electrons. The summed E-state index contributed by atoms with van der Waals surface area (Å²) in [6, 6.07) is 9.75. The van der Waals surface area contributed by atoms with Gasteiger partial charge in [-0.25, -0.2) is 0 Å². The van der Waals surface area contributed by atoms with Crippen molar-refractivity contribution in [2.45, 2.75) is 6.42 Å². The van der Waals surface area contributed by atoms with E-state index in [0.29, 0.717) is 6.42 Å². The van der Waals surface area contributed by atoms with Crippen LogP contribution in [0.2, 0.25) is 0 Å². The average molecular weight is 189 g/mol. The maximum Gasteiger partial charge on any atom is 0.161 e. The summed E-state index contributed by atoms with van der Waals surface area (Å²) >= 11 is 0. The molecule has 0 spiro atoms. The summed E-state index contributed by atoms with van der Waals surface area (Å²) in [4.78, 5) is 13.3. The van der Waals surface area contributed by atoms with Gasteiger partial charge in [-0.05, 0) is 11.6 Å².